The zero-order valence-electron chi connectivity index (χ0n) is 22.6. The Morgan fingerprint density at radius 3 is 2.49 bits per heavy atom. The van der Waals surface area contributed by atoms with Crippen molar-refractivity contribution in [3.8, 4) is 6.07 Å². The van der Waals surface area contributed by atoms with Crippen LogP contribution in [-0.2, 0) is 4.74 Å². The lowest BCUT2D eigenvalue weighted by Crippen LogP contribution is -2.21. The van der Waals surface area contributed by atoms with Gasteiger partial charge in [0, 0.05) is 23.7 Å². The van der Waals surface area contributed by atoms with Gasteiger partial charge >= 0.3 is 5.97 Å². The number of ether oxygens (including phenoxy) is 1. The minimum atomic E-state index is -0.338. The van der Waals surface area contributed by atoms with Crippen LogP contribution in [0.3, 0.4) is 0 Å². The van der Waals surface area contributed by atoms with E-state index in [1.54, 1.807) is 12.1 Å². The molecule has 0 radical (unpaired) electrons. The van der Waals surface area contributed by atoms with Gasteiger partial charge in [-0.05, 0) is 86.9 Å². The van der Waals surface area contributed by atoms with Gasteiger partial charge in [0.15, 0.2) is 0 Å². The molecule has 0 N–H and O–H groups in total. The first kappa shape index (κ1) is 28.1. The summed E-state index contributed by atoms with van der Waals surface area (Å²) in [5, 5.41) is 19.1. The molecule has 0 aliphatic carbocycles. The highest BCUT2D eigenvalue weighted by atomic mass is 32.1. The fraction of sp³-hybridized carbons (Fsp3) is 0.300. The van der Waals surface area contributed by atoms with Crippen LogP contribution >= 0.6 is 22.7 Å². The van der Waals surface area contributed by atoms with Gasteiger partial charge in [0.1, 0.15) is 4.83 Å². The first-order valence-corrected chi connectivity index (χ1v) is 14.7. The highest BCUT2D eigenvalue weighted by molar-refractivity contribution is 7.29. The number of esters is 1. The Morgan fingerprint density at radius 2 is 1.85 bits per heavy atom. The van der Waals surface area contributed by atoms with Crippen LogP contribution in [0.15, 0.2) is 58.8 Å². The molecule has 0 spiro atoms. The molecular weight excluding hydrogens is 526 g/mol. The number of aromatic nitrogens is 1. The summed E-state index contributed by atoms with van der Waals surface area (Å²) in [5.74, 6) is -0.338. The molecule has 0 aliphatic heterocycles. The minimum absolute atomic E-state index is 0.338. The summed E-state index contributed by atoms with van der Waals surface area (Å²) < 4.78 is 6.30. The van der Waals surface area contributed by atoms with Gasteiger partial charge in [-0.3, -0.25) is 0 Å². The number of benzene rings is 2. The minimum Gasteiger partial charge on any atom is -0.462 e. The summed E-state index contributed by atoms with van der Waals surface area (Å²) in [5.41, 5.74) is 4.60. The Morgan fingerprint density at radius 1 is 1.08 bits per heavy atom. The Kier molecular flexibility index (Phi) is 9.58. The second kappa shape index (κ2) is 13.3. The van der Waals surface area contributed by atoms with Crippen LogP contribution in [0.5, 0.6) is 0 Å². The van der Waals surface area contributed by atoms with Crippen LogP contribution < -0.4 is 4.90 Å². The van der Waals surface area contributed by atoms with Gasteiger partial charge in [0.05, 0.1) is 34.2 Å². The van der Waals surface area contributed by atoms with E-state index in [0.29, 0.717) is 22.9 Å². The van der Waals surface area contributed by atoms with Gasteiger partial charge < -0.3 is 9.64 Å². The smallest absolute Gasteiger partial charge is 0.338 e. The zero-order valence-corrected chi connectivity index (χ0v) is 24.2. The second-order valence-corrected chi connectivity index (χ2v) is 11.0. The van der Waals surface area contributed by atoms with E-state index in [9.17, 15) is 10.1 Å². The molecule has 39 heavy (non-hydrogen) atoms. The highest BCUT2D eigenvalue weighted by Crippen LogP contribution is 2.36. The zero-order chi connectivity index (χ0) is 27.8. The molecular formula is C30H31N5O2S2. The predicted molar refractivity (Wildman–Crippen MR) is 162 cm³/mol. The van der Waals surface area contributed by atoms with Crippen molar-refractivity contribution in [2.24, 2.45) is 10.2 Å². The number of thiophene rings is 1. The lowest BCUT2D eigenvalue weighted by molar-refractivity contribution is 0.0499. The molecule has 200 valence electrons. The summed E-state index contributed by atoms with van der Waals surface area (Å²) in [6.07, 6.45) is 3.67. The number of aryl methyl sites for hydroxylation is 1. The average molecular weight is 558 g/mol. The molecule has 0 unspecified atom stereocenters. The Labute approximate surface area is 237 Å². The van der Waals surface area contributed by atoms with Crippen molar-refractivity contribution in [3.05, 3.63) is 70.1 Å². The summed E-state index contributed by atoms with van der Waals surface area (Å²) in [7, 11) is 0. The van der Waals surface area contributed by atoms with Crippen molar-refractivity contribution in [1.82, 2.24) is 4.98 Å². The first-order valence-electron chi connectivity index (χ1n) is 13.0. The maximum absolute atomic E-state index is 12.3. The third-order valence-corrected chi connectivity index (χ3v) is 8.21. The monoisotopic (exact) mass is 557 g/mol. The van der Waals surface area contributed by atoms with Crippen molar-refractivity contribution < 1.29 is 9.53 Å². The Balaban J connectivity index is 1.47. The number of nitriles is 1. The van der Waals surface area contributed by atoms with Crippen LogP contribution in [-0.4, -0.2) is 30.6 Å². The largest absolute Gasteiger partial charge is 0.462 e. The number of unbranched alkanes of at least 4 members (excludes halogenated alkanes) is 1. The van der Waals surface area contributed by atoms with E-state index in [1.807, 2.05) is 44.2 Å². The molecule has 4 rings (SSSR count). The Hall–Kier alpha value is -3.87. The van der Waals surface area contributed by atoms with Crippen molar-refractivity contribution in [2.45, 2.75) is 40.5 Å². The maximum Gasteiger partial charge on any atom is 0.338 e. The van der Waals surface area contributed by atoms with Gasteiger partial charge in [0.25, 0.3) is 0 Å². The number of nitrogens with zero attached hydrogens (tertiary/aromatic N) is 5. The molecule has 4 aromatic rings. The summed E-state index contributed by atoms with van der Waals surface area (Å²) in [6, 6.07) is 17.7. The van der Waals surface area contributed by atoms with E-state index in [1.165, 1.54) is 28.4 Å². The van der Waals surface area contributed by atoms with Crippen LogP contribution in [0.2, 0.25) is 0 Å². The van der Waals surface area contributed by atoms with Crippen molar-refractivity contribution in [1.29, 1.82) is 5.26 Å². The van der Waals surface area contributed by atoms with Gasteiger partial charge in [-0.15, -0.1) is 21.6 Å². The fourth-order valence-electron chi connectivity index (χ4n) is 4.07. The molecule has 2 aromatic heterocycles. The average Bonchev–Trinajstić information content (AvgIpc) is 3.50. The number of thiazole rings is 1. The topological polar surface area (TPSA) is 90.9 Å². The molecule has 0 saturated carbocycles. The van der Waals surface area contributed by atoms with E-state index in [-0.39, 0.29) is 5.97 Å². The number of hydrogen-bond donors (Lipinski definition) is 0. The highest BCUT2D eigenvalue weighted by Gasteiger charge is 2.13. The van der Waals surface area contributed by atoms with Gasteiger partial charge in [0.2, 0.25) is 5.13 Å². The van der Waals surface area contributed by atoms with Crippen LogP contribution in [0.25, 0.3) is 21.2 Å². The molecule has 0 saturated heterocycles. The first-order chi connectivity index (χ1) is 18.9. The van der Waals surface area contributed by atoms with Gasteiger partial charge in [-0.25, -0.2) is 9.78 Å². The molecule has 0 atom stereocenters. The third kappa shape index (κ3) is 6.96. The fourth-order valence-corrected chi connectivity index (χ4v) is 6.06. The van der Waals surface area contributed by atoms with E-state index in [2.05, 4.69) is 52.2 Å². The van der Waals surface area contributed by atoms with E-state index < -0.39 is 0 Å². The number of hydrogen-bond acceptors (Lipinski definition) is 9. The number of anilines is 1. The lowest BCUT2D eigenvalue weighted by atomic mass is 9.98. The molecule has 2 aromatic carbocycles. The van der Waals surface area contributed by atoms with Crippen LogP contribution in [0, 0.1) is 18.3 Å². The number of azo groups is 1. The van der Waals surface area contributed by atoms with E-state index in [4.69, 9.17) is 4.74 Å². The molecule has 7 nitrogen and oxygen atoms in total. The number of carbonyl (C=O) groups is 1. The number of rotatable bonds is 11. The van der Waals surface area contributed by atoms with Crippen molar-refractivity contribution >= 4 is 66.3 Å². The quantitative estimate of drug-likeness (QED) is 0.0794. The Bertz CT molecular complexity index is 1510. The van der Waals surface area contributed by atoms with Crippen molar-refractivity contribution in [2.75, 3.05) is 24.6 Å². The molecule has 0 bridgehead atoms. The lowest BCUT2D eigenvalue weighted by Gasteiger charge is -2.20. The SMILES string of the molecule is CCCCOC(=O)c1ccc(/C(C#N)=C/c2cc3sc(N=Nc4ccc(N(CC)CC)cc4)nc3s2)c(C)c1. The molecule has 0 fully saturated rings. The standard InChI is InChI=1S/C30H31N5O2S2/c1-5-8-15-37-29(36)21-9-14-26(20(4)16-21)22(19-31)17-25-18-27-28(38-25)32-30(39-27)34-33-23-10-12-24(13-11-23)35(6-2)7-3/h9-14,16-18H,5-8,15H2,1-4H3/b22-17+,34-33?. The van der Waals surface area contributed by atoms with Crippen molar-refractivity contribution in [3.63, 3.8) is 0 Å². The second-order valence-electron chi connectivity index (χ2n) is 8.89. The third-order valence-electron chi connectivity index (χ3n) is 6.22. The van der Waals surface area contributed by atoms with Gasteiger partial charge in [-0.2, -0.15) is 5.26 Å². The number of carbonyl (C=O) groups excluding carboxylic acids is 1. The van der Waals surface area contributed by atoms with Crippen LogP contribution in [0.4, 0.5) is 16.5 Å². The number of allylic oxidation sites excluding steroid dienone is 1. The summed E-state index contributed by atoms with van der Waals surface area (Å²) in [6.45, 7) is 10.6. The van der Waals surface area contributed by atoms with Gasteiger partial charge in [-0.1, -0.05) is 30.7 Å². The van der Waals surface area contributed by atoms with E-state index in [0.717, 1.165) is 57.2 Å². The van der Waals surface area contributed by atoms with Crippen LogP contribution in [0.1, 0.15) is 60.0 Å². The van der Waals surface area contributed by atoms with E-state index >= 15 is 0 Å². The maximum atomic E-state index is 12.3. The normalized spacial score (nSPS) is 11.7. The number of fused-ring (bicyclic) bond motifs is 1. The molecule has 0 aliphatic rings. The molecule has 0 amide bonds. The summed E-state index contributed by atoms with van der Waals surface area (Å²) >= 11 is 2.97. The molecule has 2 heterocycles. The summed E-state index contributed by atoms with van der Waals surface area (Å²) in [4.78, 5) is 21.0. The molecule has 9 heteroatoms. The predicted octanol–water partition coefficient (Wildman–Crippen LogP) is 8.95.